The molecule has 0 saturated carbocycles. The number of aliphatic carboxylic acids is 1. The monoisotopic (exact) mass is 875 g/mol. The Morgan fingerprint density at radius 2 is 0.855 bits per heavy atom. The van der Waals surface area contributed by atoms with Gasteiger partial charge < -0.3 is 23.8 Å². The van der Waals surface area contributed by atoms with Crippen molar-refractivity contribution in [2.75, 3.05) is 41.0 Å². The predicted octanol–water partition coefficient (Wildman–Crippen LogP) is 15.0. The van der Waals surface area contributed by atoms with E-state index in [1.54, 1.807) is 0 Å². The number of carboxylic acid groups (broad SMARTS) is 1. The molecule has 0 heterocycles. The van der Waals surface area contributed by atoms with Gasteiger partial charge in [0.15, 0.2) is 12.1 Å². The van der Waals surface area contributed by atoms with Crippen LogP contribution in [0.15, 0.2) is 36.5 Å². The maximum absolute atomic E-state index is 12.8. The molecule has 2 atom stereocenters. The maximum atomic E-state index is 12.8. The van der Waals surface area contributed by atoms with E-state index in [-0.39, 0.29) is 36.2 Å². The second-order valence-corrected chi connectivity index (χ2v) is 18.8. The number of rotatable bonds is 47. The lowest BCUT2D eigenvalue weighted by Crippen LogP contribution is -2.50. The Labute approximate surface area is 383 Å². The Kier molecular flexibility index (Phi) is 43.3. The highest BCUT2D eigenvalue weighted by Crippen LogP contribution is 2.15. The average molecular weight is 875 g/mol. The van der Waals surface area contributed by atoms with Crippen LogP contribution in [-0.2, 0) is 28.6 Å². The molecule has 62 heavy (non-hydrogen) atoms. The number of hydrogen-bond donors (Lipinski definition) is 1. The third kappa shape index (κ3) is 42.8. The van der Waals surface area contributed by atoms with Gasteiger partial charge in [0, 0.05) is 19.3 Å². The summed E-state index contributed by atoms with van der Waals surface area (Å²) in [6.45, 7) is 4.74. The van der Waals surface area contributed by atoms with Gasteiger partial charge in [-0.3, -0.25) is 9.59 Å². The van der Waals surface area contributed by atoms with E-state index < -0.39 is 18.1 Å². The molecule has 8 nitrogen and oxygen atoms in total. The molecule has 362 valence electrons. The first kappa shape index (κ1) is 59.5. The van der Waals surface area contributed by atoms with Crippen molar-refractivity contribution in [1.82, 2.24) is 0 Å². The highest BCUT2D eigenvalue weighted by atomic mass is 16.6. The Hall–Kier alpha value is -2.45. The molecule has 0 bridgehead atoms. The summed E-state index contributed by atoms with van der Waals surface area (Å²) in [5.74, 6) is -1.48. The number of quaternary nitrogens is 1. The van der Waals surface area contributed by atoms with E-state index in [4.69, 9.17) is 14.2 Å². The van der Waals surface area contributed by atoms with Crippen LogP contribution in [0.25, 0.3) is 0 Å². The number of hydrogen-bond acceptors (Lipinski definition) is 6. The summed E-state index contributed by atoms with van der Waals surface area (Å²) in [6.07, 6.45) is 53.3. The Bertz CT molecular complexity index is 1110. The number of unbranched alkanes of at least 4 members (excludes halogenated alkanes) is 27. The topological polar surface area (TPSA) is 99.1 Å². The van der Waals surface area contributed by atoms with E-state index in [2.05, 4.69) is 50.3 Å². The Morgan fingerprint density at radius 1 is 0.484 bits per heavy atom. The minimum Gasteiger partial charge on any atom is -0.477 e. The zero-order chi connectivity index (χ0) is 45.6. The summed E-state index contributed by atoms with van der Waals surface area (Å²) < 4.78 is 17.3. The van der Waals surface area contributed by atoms with Crippen molar-refractivity contribution in [3.05, 3.63) is 36.5 Å². The summed E-state index contributed by atoms with van der Waals surface area (Å²) in [7, 11) is 5.53. The van der Waals surface area contributed by atoms with Crippen molar-refractivity contribution in [3.8, 4) is 0 Å². The molecule has 0 amide bonds. The molecule has 1 N–H and O–H groups in total. The molecular weight excluding hydrogens is 775 g/mol. The van der Waals surface area contributed by atoms with Crippen LogP contribution in [-0.4, -0.2) is 80.6 Å². The van der Waals surface area contributed by atoms with Crippen LogP contribution in [0.3, 0.4) is 0 Å². The normalized spacial score (nSPS) is 13.1. The van der Waals surface area contributed by atoms with Gasteiger partial charge in [0.2, 0.25) is 0 Å². The standard InChI is InChI=1S/C54H99NO7/c1-6-8-10-12-14-16-18-20-22-24-25-26-27-28-29-31-33-35-37-39-41-43-45-53(57)62-50(48-60-47-46-51(54(58)59)55(3,4)5)49-61-52(56)44-42-40-38-36-34-32-30-23-21-19-17-15-13-11-9-7-2/h23-25,27-28,30,50-51H,6-22,26,29,31-49H2,1-5H3/p+1/b25-24+,28-27+,30-23+. The van der Waals surface area contributed by atoms with Gasteiger partial charge in [0.1, 0.15) is 6.61 Å². The fourth-order valence-electron chi connectivity index (χ4n) is 7.71. The lowest BCUT2D eigenvalue weighted by atomic mass is 10.1. The number of esters is 2. The fraction of sp³-hybridized carbons (Fsp3) is 0.833. The molecule has 0 aliphatic heterocycles. The molecule has 0 aromatic heterocycles. The molecule has 2 unspecified atom stereocenters. The quantitative estimate of drug-likeness (QED) is 0.0281. The zero-order valence-corrected chi connectivity index (χ0v) is 41.3. The first-order valence-corrected chi connectivity index (χ1v) is 26.0. The fourth-order valence-corrected chi connectivity index (χ4v) is 7.71. The first-order chi connectivity index (χ1) is 30.1. The van der Waals surface area contributed by atoms with Crippen LogP contribution in [0.5, 0.6) is 0 Å². The van der Waals surface area contributed by atoms with E-state index in [0.717, 1.165) is 57.8 Å². The van der Waals surface area contributed by atoms with Gasteiger partial charge >= 0.3 is 17.9 Å². The van der Waals surface area contributed by atoms with Gasteiger partial charge in [0.25, 0.3) is 0 Å². The minimum absolute atomic E-state index is 0.0568. The lowest BCUT2D eigenvalue weighted by Gasteiger charge is -2.31. The molecule has 0 aliphatic rings. The van der Waals surface area contributed by atoms with Crippen LogP contribution >= 0.6 is 0 Å². The summed E-state index contributed by atoms with van der Waals surface area (Å²) in [5.41, 5.74) is 0. The van der Waals surface area contributed by atoms with Gasteiger partial charge in [-0.2, -0.15) is 0 Å². The molecule has 0 radical (unpaired) electrons. The van der Waals surface area contributed by atoms with Crippen LogP contribution in [0, 0.1) is 0 Å². The molecule has 0 aromatic carbocycles. The molecule has 0 rings (SSSR count). The number of ether oxygens (including phenoxy) is 3. The molecule has 0 saturated heterocycles. The molecule has 8 heteroatoms. The summed E-state index contributed by atoms with van der Waals surface area (Å²) in [5, 5.41) is 9.65. The molecule has 0 aliphatic carbocycles. The first-order valence-electron chi connectivity index (χ1n) is 26.0. The largest absolute Gasteiger partial charge is 0.477 e. The number of carbonyl (C=O) groups is 3. The average Bonchev–Trinajstić information content (AvgIpc) is 3.23. The van der Waals surface area contributed by atoms with Crippen molar-refractivity contribution >= 4 is 17.9 Å². The van der Waals surface area contributed by atoms with E-state index in [9.17, 15) is 19.5 Å². The van der Waals surface area contributed by atoms with Crippen LogP contribution in [0.4, 0.5) is 0 Å². The molecular formula is C54H100NO7+. The third-order valence-electron chi connectivity index (χ3n) is 11.8. The van der Waals surface area contributed by atoms with Crippen molar-refractivity contribution in [2.24, 2.45) is 0 Å². The molecule has 0 spiro atoms. The highest BCUT2D eigenvalue weighted by molar-refractivity contribution is 5.72. The SMILES string of the molecule is CCCCCCCCC/C=C/CCCCCCCC(=O)OCC(COCCC(C(=O)O)[N+](C)(C)C)OC(=O)CCCCCCCCC/C=C/C/C=C/CCCCCCCCCC. The van der Waals surface area contributed by atoms with Crippen molar-refractivity contribution in [2.45, 2.75) is 251 Å². The van der Waals surface area contributed by atoms with Crippen molar-refractivity contribution < 1.29 is 38.2 Å². The molecule has 0 fully saturated rings. The molecule has 0 aromatic rings. The van der Waals surface area contributed by atoms with Crippen LogP contribution in [0.1, 0.15) is 239 Å². The third-order valence-corrected chi connectivity index (χ3v) is 11.8. The maximum Gasteiger partial charge on any atom is 0.362 e. The van der Waals surface area contributed by atoms with E-state index in [1.165, 1.54) is 148 Å². The van der Waals surface area contributed by atoms with E-state index >= 15 is 0 Å². The van der Waals surface area contributed by atoms with Crippen LogP contribution < -0.4 is 0 Å². The number of nitrogens with zero attached hydrogens (tertiary/aromatic N) is 1. The Morgan fingerprint density at radius 3 is 1.26 bits per heavy atom. The second-order valence-electron chi connectivity index (χ2n) is 18.8. The van der Waals surface area contributed by atoms with Crippen molar-refractivity contribution in [3.63, 3.8) is 0 Å². The van der Waals surface area contributed by atoms with Gasteiger partial charge in [-0.05, 0) is 70.6 Å². The number of allylic oxidation sites excluding steroid dienone is 6. The number of carboxylic acids is 1. The summed E-state index contributed by atoms with van der Waals surface area (Å²) in [4.78, 5) is 37.1. The summed E-state index contributed by atoms with van der Waals surface area (Å²) >= 11 is 0. The van der Waals surface area contributed by atoms with Gasteiger partial charge in [-0.25, -0.2) is 4.79 Å². The second kappa shape index (κ2) is 45.1. The zero-order valence-electron chi connectivity index (χ0n) is 41.3. The smallest absolute Gasteiger partial charge is 0.362 e. The van der Waals surface area contributed by atoms with Crippen molar-refractivity contribution in [1.29, 1.82) is 0 Å². The lowest BCUT2D eigenvalue weighted by molar-refractivity contribution is -0.887. The van der Waals surface area contributed by atoms with E-state index in [0.29, 0.717) is 19.3 Å². The van der Waals surface area contributed by atoms with Gasteiger partial charge in [0.05, 0.1) is 34.4 Å². The van der Waals surface area contributed by atoms with Crippen LogP contribution in [0.2, 0.25) is 0 Å². The minimum atomic E-state index is -0.876. The number of carbonyl (C=O) groups excluding carboxylic acids is 2. The van der Waals surface area contributed by atoms with E-state index in [1.807, 2.05) is 21.1 Å². The van der Waals surface area contributed by atoms with Gasteiger partial charge in [-0.15, -0.1) is 0 Å². The highest BCUT2D eigenvalue weighted by Gasteiger charge is 2.31. The van der Waals surface area contributed by atoms with Gasteiger partial charge in [-0.1, -0.05) is 185 Å². The summed E-state index contributed by atoms with van der Waals surface area (Å²) in [6, 6.07) is -0.617. The number of likely N-dealkylation sites (N-methyl/N-ethyl adjacent to an activating group) is 1. The predicted molar refractivity (Wildman–Crippen MR) is 261 cm³/mol. The Balaban J connectivity index is 4.25.